The van der Waals surface area contributed by atoms with Gasteiger partial charge in [-0.05, 0) is 28.4 Å². The Hall–Kier alpha value is 0.140. The van der Waals surface area contributed by atoms with Crippen molar-refractivity contribution in [2.24, 2.45) is 0 Å². The van der Waals surface area contributed by atoms with E-state index in [4.69, 9.17) is 0 Å². The van der Waals surface area contributed by atoms with Gasteiger partial charge in [-0.2, -0.15) is 0 Å². The van der Waals surface area contributed by atoms with Crippen LogP contribution < -0.4 is 0 Å². The van der Waals surface area contributed by atoms with E-state index in [-0.39, 0.29) is 0 Å². The lowest BCUT2D eigenvalue weighted by atomic mass is 10.2. The number of rotatable bonds is 1. The average Bonchev–Trinajstić information content (AvgIpc) is 2.43. The van der Waals surface area contributed by atoms with E-state index in [1.807, 2.05) is 11.3 Å². The van der Waals surface area contributed by atoms with Crippen molar-refractivity contribution in [3.05, 3.63) is 33.1 Å². The van der Waals surface area contributed by atoms with E-state index in [1.165, 1.54) is 25.0 Å². The molecular weight excluding hydrogens is 312 g/mol. The molecule has 0 N–H and O–H groups in total. The van der Waals surface area contributed by atoms with E-state index in [0.717, 1.165) is 5.33 Å². The van der Waals surface area contributed by atoms with Crippen molar-refractivity contribution in [2.45, 2.75) is 12.3 Å². The molecule has 1 aromatic carbocycles. The molecule has 0 aliphatic rings. The summed E-state index contributed by atoms with van der Waals surface area (Å²) in [5.74, 6) is 0. The highest BCUT2D eigenvalue weighted by molar-refractivity contribution is 9.10. The lowest BCUT2D eigenvalue weighted by Gasteiger charge is -1.96. The van der Waals surface area contributed by atoms with Gasteiger partial charge in [-0.1, -0.05) is 34.1 Å². The van der Waals surface area contributed by atoms with E-state index in [0.29, 0.717) is 0 Å². The number of aryl methyl sites for hydroxylation is 1. The Morgan fingerprint density at radius 2 is 2.15 bits per heavy atom. The predicted octanol–water partition coefficient (Wildman–Crippen LogP) is 4.87. The van der Waals surface area contributed by atoms with Crippen LogP contribution in [0.1, 0.15) is 10.4 Å². The molecule has 68 valence electrons. The van der Waals surface area contributed by atoms with Crippen molar-refractivity contribution in [1.29, 1.82) is 0 Å². The quantitative estimate of drug-likeness (QED) is 0.658. The van der Waals surface area contributed by atoms with Crippen LogP contribution in [-0.4, -0.2) is 0 Å². The summed E-state index contributed by atoms with van der Waals surface area (Å²) in [6.07, 6.45) is 0. The second-order valence-electron chi connectivity index (χ2n) is 2.90. The van der Waals surface area contributed by atoms with Gasteiger partial charge in [0.1, 0.15) is 0 Å². The average molecular weight is 320 g/mol. The molecule has 0 aliphatic carbocycles. The van der Waals surface area contributed by atoms with Gasteiger partial charge < -0.3 is 0 Å². The lowest BCUT2D eigenvalue weighted by molar-refractivity contribution is 1.51. The Kier molecular flexibility index (Phi) is 2.77. The van der Waals surface area contributed by atoms with E-state index in [2.05, 4.69) is 57.0 Å². The maximum Gasteiger partial charge on any atom is 0.0397 e. The Labute approximate surface area is 98.2 Å². The normalized spacial score (nSPS) is 11.0. The van der Waals surface area contributed by atoms with Crippen LogP contribution in [-0.2, 0) is 5.33 Å². The fourth-order valence-corrected chi connectivity index (χ4v) is 3.79. The number of benzene rings is 1. The van der Waals surface area contributed by atoms with Crippen molar-refractivity contribution < 1.29 is 0 Å². The molecule has 0 atom stereocenters. The maximum absolute atomic E-state index is 3.61. The van der Waals surface area contributed by atoms with Crippen molar-refractivity contribution in [3.63, 3.8) is 0 Å². The molecule has 0 aliphatic heterocycles. The summed E-state index contributed by atoms with van der Waals surface area (Å²) in [6.45, 7) is 2.15. The van der Waals surface area contributed by atoms with E-state index in [9.17, 15) is 0 Å². The molecule has 0 saturated carbocycles. The molecule has 2 rings (SSSR count). The molecule has 0 unspecified atom stereocenters. The first-order chi connectivity index (χ1) is 6.24. The maximum atomic E-state index is 3.61. The van der Waals surface area contributed by atoms with Gasteiger partial charge in [0.2, 0.25) is 0 Å². The number of alkyl halides is 1. The van der Waals surface area contributed by atoms with Crippen LogP contribution in [0.5, 0.6) is 0 Å². The van der Waals surface area contributed by atoms with Crippen molar-refractivity contribution in [1.82, 2.24) is 0 Å². The zero-order valence-corrected chi connectivity index (χ0v) is 11.1. The fourth-order valence-electron chi connectivity index (χ4n) is 1.37. The second kappa shape index (κ2) is 3.71. The van der Waals surface area contributed by atoms with Crippen LogP contribution >= 0.6 is 43.2 Å². The lowest BCUT2D eigenvalue weighted by Crippen LogP contribution is -1.75. The zero-order valence-electron chi connectivity index (χ0n) is 7.10. The molecule has 0 bridgehead atoms. The van der Waals surface area contributed by atoms with E-state index < -0.39 is 0 Å². The molecule has 1 heterocycles. The molecule has 0 amide bonds. The van der Waals surface area contributed by atoms with Crippen molar-refractivity contribution in [2.75, 3.05) is 0 Å². The first-order valence-electron chi connectivity index (χ1n) is 3.96. The predicted molar refractivity (Wildman–Crippen MR) is 66.9 cm³/mol. The Morgan fingerprint density at radius 1 is 1.38 bits per heavy atom. The van der Waals surface area contributed by atoms with Crippen LogP contribution in [0.4, 0.5) is 0 Å². The van der Waals surface area contributed by atoms with E-state index in [1.54, 1.807) is 0 Å². The van der Waals surface area contributed by atoms with E-state index >= 15 is 0 Å². The molecule has 1 aromatic heterocycles. The summed E-state index contributed by atoms with van der Waals surface area (Å²) >= 11 is 8.97. The standard InChI is InChI=1S/C10H8Br2S/c1-6-9(12)8-4-2-3-7(5-11)10(8)13-6/h2-4H,5H2,1H3. The number of halogens is 2. The molecule has 2 aromatic rings. The minimum Gasteiger partial charge on any atom is -0.139 e. The highest BCUT2D eigenvalue weighted by Crippen LogP contribution is 2.37. The monoisotopic (exact) mass is 318 g/mol. The van der Waals surface area contributed by atoms with Gasteiger partial charge in [0.05, 0.1) is 0 Å². The van der Waals surface area contributed by atoms with Gasteiger partial charge in [-0.15, -0.1) is 11.3 Å². The second-order valence-corrected chi connectivity index (χ2v) is 5.48. The zero-order chi connectivity index (χ0) is 9.42. The van der Waals surface area contributed by atoms with Gasteiger partial charge in [0.25, 0.3) is 0 Å². The molecular formula is C10H8Br2S. The number of fused-ring (bicyclic) bond motifs is 1. The van der Waals surface area contributed by atoms with Crippen LogP contribution in [0.2, 0.25) is 0 Å². The molecule has 0 spiro atoms. The van der Waals surface area contributed by atoms with Crippen LogP contribution in [0.25, 0.3) is 10.1 Å². The summed E-state index contributed by atoms with van der Waals surface area (Å²) < 4.78 is 2.64. The summed E-state index contributed by atoms with van der Waals surface area (Å²) in [5, 5.41) is 2.26. The third kappa shape index (κ3) is 1.58. The summed E-state index contributed by atoms with van der Waals surface area (Å²) in [5.41, 5.74) is 1.37. The van der Waals surface area contributed by atoms with Gasteiger partial charge in [-0.3, -0.25) is 0 Å². The number of thiophene rings is 1. The van der Waals surface area contributed by atoms with Crippen LogP contribution in [0, 0.1) is 6.92 Å². The van der Waals surface area contributed by atoms with Gasteiger partial charge >= 0.3 is 0 Å². The van der Waals surface area contributed by atoms with Crippen molar-refractivity contribution >= 4 is 53.3 Å². The Bertz CT molecular complexity index is 445. The summed E-state index contributed by atoms with van der Waals surface area (Å²) in [7, 11) is 0. The summed E-state index contributed by atoms with van der Waals surface area (Å²) in [4.78, 5) is 1.35. The third-order valence-electron chi connectivity index (χ3n) is 2.04. The highest BCUT2D eigenvalue weighted by atomic mass is 79.9. The largest absolute Gasteiger partial charge is 0.139 e. The van der Waals surface area contributed by atoms with Gasteiger partial charge in [0, 0.05) is 24.8 Å². The first-order valence-corrected chi connectivity index (χ1v) is 6.69. The smallest absolute Gasteiger partial charge is 0.0397 e. The van der Waals surface area contributed by atoms with Crippen molar-refractivity contribution in [3.8, 4) is 0 Å². The number of hydrogen-bond donors (Lipinski definition) is 0. The van der Waals surface area contributed by atoms with Gasteiger partial charge in [0.15, 0.2) is 0 Å². The molecule has 3 heteroatoms. The third-order valence-corrected chi connectivity index (χ3v) is 5.13. The minimum absolute atomic E-state index is 0.927. The molecule has 13 heavy (non-hydrogen) atoms. The fraction of sp³-hybridized carbons (Fsp3) is 0.200. The molecule has 0 saturated heterocycles. The minimum atomic E-state index is 0.927. The van der Waals surface area contributed by atoms with Crippen LogP contribution in [0.3, 0.4) is 0 Å². The molecule has 0 fully saturated rings. The summed E-state index contributed by atoms with van der Waals surface area (Å²) in [6, 6.07) is 6.43. The first kappa shape index (κ1) is 9.69. The Morgan fingerprint density at radius 3 is 2.85 bits per heavy atom. The van der Waals surface area contributed by atoms with Gasteiger partial charge in [-0.25, -0.2) is 0 Å². The Balaban J connectivity index is 2.84. The van der Waals surface area contributed by atoms with Crippen LogP contribution in [0.15, 0.2) is 22.7 Å². The number of hydrogen-bond acceptors (Lipinski definition) is 1. The molecule has 0 radical (unpaired) electrons. The SMILES string of the molecule is Cc1sc2c(CBr)cccc2c1Br. The molecule has 0 nitrogen and oxygen atoms in total. The topological polar surface area (TPSA) is 0 Å². The highest BCUT2D eigenvalue weighted by Gasteiger charge is 2.08.